The zero-order valence-corrected chi connectivity index (χ0v) is 9.93. The van der Waals surface area contributed by atoms with Gasteiger partial charge in [-0.1, -0.05) is 0 Å². The maximum Gasteiger partial charge on any atom is 0.274 e. The van der Waals surface area contributed by atoms with Crippen LogP contribution in [0.5, 0.6) is 0 Å². The average Bonchev–Trinajstić information content (AvgIpc) is 3.09. The first-order valence-electron chi connectivity index (χ1n) is 6.38. The summed E-state index contributed by atoms with van der Waals surface area (Å²) in [6.45, 7) is 3.80. The van der Waals surface area contributed by atoms with E-state index in [9.17, 15) is 4.79 Å². The molecule has 17 heavy (non-hydrogen) atoms. The van der Waals surface area contributed by atoms with Crippen LogP contribution in [0, 0.1) is 0 Å². The molecule has 92 valence electrons. The Labute approximate surface area is 101 Å². The number of likely N-dealkylation sites (tertiary alicyclic amines) is 1. The van der Waals surface area contributed by atoms with Gasteiger partial charge in [0.25, 0.3) is 5.91 Å². The molecule has 1 N–H and O–H groups in total. The number of carbonyl (C=O) groups excluding carboxylic acids is 1. The van der Waals surface area contributed by atoms with Crippen molar-refractivity contribution in [2.75, 3.05) is 26.2 Å². The number of carbonyl (C=O) groups is 1. The van der Waals surface area contributed by atoms with Crippen molar-refractivity contribution in [3.63, 3.8) is 0 Å². The predicted octanol–water partition coefficient (Wildman–Crippen LogP) is 0.653. The fourth-order valence-electron chi connectivity index (χ4n) is 2.62. The summed E-state index contributed by atoms with van der Waals surface area (Å²) in [6.07, 6.45) is 7.06. The van der Waals surface area contributed by atoms with Crippen molar-refractivity contribution < 1.29 is 4.79 Å². The Kier molecular flexibility index (Phi) is 2.84. The molecule has 0 radical (unpaired) electrons. The largest absolute Gasteiger partial charge is 0.337 e. The molecule has 2 saturated heterocycles. The second-order valence-corrected chi connectivity index (χ2v) is 4.85. The van der Waals surface area contributed by atoms with Crippen molar-refractivity contribution in [3.05, 3.63) is 18.2 Å². The molecular weight excluding hydrogens is 216 g/mol. The summed E-state index contributed by atoms with van der Waals surface area (Å²) < 4.78 is 2.07. The molecular formula is C12H18N4O. The van der Waals surface area contributed by atoms with Crippen LogP contribution in [0.25, 0.3) is 0 Å². The van der Waals surface area contributed by atoms with E-state index in [0.29, 0.717) is 11.7 Å². The van der Waals surface area contributed by atoms with E-state index in [-0.39, 0.29) is 5.91 Å². The average molecular weight is 234 g/mol. The van der Waals surface area contributed by atoms with Crippen LogP contribution in [0.4, 0.5) is 0 Å². The summed E-state index contributed by atoms with van der Waals surface area (Å²) >= 11 is 0. The van der Waals surface area contributed by atoms with Crippen molar-refractivity contribution in [1.29, 1.82) is 0 Å². The third-order valence-corrected chi connectivity index (χ3v) is 3.67. The summed E-state index contributed by atoms with van der Waals surface area (Å²) in [5.41, 5.74) is 0.596. The van der Waals surface area contributed by atoms with E-state index in [1.54, 1.807) is 6.33 Å². The number of hydrogen-bond donors (Lipinski definition) is 1. The van der Waals surface area contributed by atoms with Crippen molar-refractivity contribution in [1.82, 2.24) is 19.8 Å². The molecule has 0 aromatic carbocycles. The van der Waals surface area contributed by atoms with Crippen molar-refractivity contribution in [3.8, 4) is 0 Å². The van der Waals surface area contributed by atoms with Gasteiger partial charge in [0, 0.05) is 31.9 Å². The summed E-state index contributed by atoms with van der Waals surface area (Å²) in [7, 11) is 0. The van der Waals surface area contributed by atoms with E-state index in [1.807, 2.05) is 11.1 Å². The Morgan fingerprint density at radius 2 is 2.24 bits per heavy atom. The molecule has 2 fully saturated rings. The minimum Gasteiger partial charge on any atom is -0.337 e. The van der Waals surface area contributed by atoms with Crippen LogP contribution in [-0.4, -0.2) is 46.5 Å². The Morgan fingerprint density at radius 1 is 1.41 bits per heavy atom. The molecule has 1 amide bonds. The first-order chi connectivity index (χ1) is 8.34. The number of imidazole rings is 1. The Hall–Kier alpha value is -1.36. The first-order valence-corrected chi connectivity index (χ1v) is 6.38. The fraction of sp³-hybridized carbons (Fsp3) is 0.667. The molecule has 2 aliphatic rings. The van der Waals surface area contributed by atoms with E-state index in [0.717, 1.165) is 45.4 Å². The lowest BCUT2D eigenvalue weighted by Crippen LogP contribution is -2.27. The molecule has 5 nitrogen and oxygen atoms in total. The van der Waals surface area contributed by atoms with Gasteiger partial charge in [-0.25, -0.2) is 4.98 Å². The molecule has 1 unspecified atom stereocenters. The van der Waals surface area contributed by atoms with E-state index in [1.165, 1.54) is 0 Å². The highest BCUT2D eigenvalue weighted by Gasteiger charge is 2.23. The zero-order chi connectivity index (χ0) is 11.7. The van der Waals surface area contributed by atoms with Gasteiger partial charge in [-0.15, -0.1) is 0 Å². The smallest absolute Gasteiger partial charge is 0.274 e. The van der Waals surface area contributed by atoms with Gasteiger partial charge in [-0.3, -0.25) is 4.79 Å². The summed E-state index contributed by atoms with van der Waals surface area (Å²) in [6, 6.07) is 0.461. The van der Waals surface area contributed by atoms with Crippen LogP contribution in [0.2, 0.25) is 0 Å². The van der Waals surface area contributed by atoms with E-state index in [2.05, 4.69) is 14.9 Å². The zero-order valence-electron chi connectivity index (χ0n) is 9.93. The highest BCUT2D eigenvalue weighted by molar-refractivity contribution is 5.92. The molecule has 0 saturated carbocycles. The Morgan fingerprint density at radius 3 is 2.94 bits per heavy atom. The molecule has 3 heterocycles. The van der Waals surface area contributed by atoms with Crippen LogP contribution in [0.1, 0.15) is 35.8 Å². The molecule has 0 spiro atoms. The van der Waals surface area contributed by atoms with E-state index < -0.39 is 0 Å². The highest BCUT2D eigenvalue weighted by Crippen LogP contribution is 2.17. The van der Waals surface area contributed by atoms with Crippen LogP contribution < -0.4 is 5.32 Å². The summed E-state index contributed by atoms with van der Waals surface area (Å²) in [4.78, 5) is 18.3. The molecule has 3 rings (SSSR count). The molecule has 2 aliphatic heterocycles. The van der Waals surface area contributed by atoms with Crippen LogP contribution in [0.15, 0.2) is 12.5 Å². The standard InChI is InChI=1S/C12H18N4O/c17-12(15-5-1-2-6-15)11-8-16(9-14-11)10-3-4-13-7-10/h8-10,13H,1-7H2. The van der Waals surface area contributed by atoms with Crippen LogP contribution in [0.3, 0.4) is 0 Å². The molecule has 1 atom stereocenters. The molecule has 1 aromatic heterocycles. The predicted molar refractivity (Wildman–Crippen MR) is 63.9 cm³/mol. The fourth-order valence-corrected chi connectivity index (χ4v) is 2.62. The number of hydrogen-bond acceptors (Lipinski definition) is 3. The highest BCUT2D eigenvalue weighted by atomic mass is 16.2. The number of nitrogens with one attached hydrogen (secondary N) is 1. The van der Waals surface area contributed by atoms with Crippen molar-refractivity contribution in [2.24, 2.45) is 0 Å². The lowest BCUT2D eigenvalue weighted by molar-refractivity contribution is 0.0787. The van der Waals surface area contributed by atoms with E-state index >= 15 is 0 Å². The first kappa shape index (κ1) is 10.8. The van der Waals surface area contributed by atoms with Gasteiger partial charge >= 0.3 is 0 Å². The maximum atomic E-state index is 12.1. The summed E-state index contributed by atoms with van der Waals surface area (Å²) in [5, 5.41) is 3.32. The Balaban J connectivity index is 1.72. The second kappa shape index (κ2) is 4.49. The normalized spacial score (nSPS) is 24.5. The summed E-state index contributed by atoms with van der Waals surface area (Å²) in [5.74, 6) is 0.0900. The van der Waals surface area contributed by atoms with Gasteiger partial charge in [-0.2, -0.15) is 0 Å². The number of amides is 1. The molecule has 5 heteroatoms. The third kappa shape index (κ3) is 2.07. The topological polar surface area (TPSA) is 50.2 Å². The lowest BCUT2D eigenvalue weighted by atomic mass is 10.2. The van der Waals surface area contributed by atoms with E-state index in [4.69, 9.17) is 0 Å². The van der Waals surface area contributed by atoms with Gasteiger partial charge in [0.05, 0.1) is 6.33 Å². The minimum absolute atomic E-state index is 0.0900. The van der Waals surface area contributed by atoms with Gasteiger partial charge in [0.1, 0.15) is 5.69 Å². The van der Waals surface area contributed by atoms with Gasteiger partial charge in [-0.05, 0) is 25.8 Å². The van der Waals surface area contributed by atoms with Gasteiger partial charge in [0.2, 0.25) is 0 Å². The van der Waals surface area contributed by atoms with Gasteiger partial charge in [0.15, 0.2) is 0 Å². The second-order valence-electron chi connectivity index (χ2n) is 4.85. The number of aromatic nitrogens is 2. The van der Waals surface area contributed by atoms with Gasteiger partial charge < -0.3 is 14.8 Å². The minimum atomic E-state index is 0.0900. The monoisotopic (exact) mass is 234 g/mol. The van der Waals surface area contributed by atoms with Crippen LogP contribution >= 0.6 is 0 Å². The Bertz CT molecular complexity index is 402. The number of nitrogens with zero attached hydrogens (tertiary/aromatic N) is 3. The number of rotatable bonds is 2. The SMILES string of the molecule is O=C(c1cn(C2CCNC2)cn1)N1CCCC1. The molecule has 0 bridgehead atoms. The van der Waals surface area contributed by atoms with Crippen LogP contribution in [-0.2, 0) is 0 Å². The maximum absolute atomic E-state index is 12.1. The third-order valence-electron chi connectivity index (χ3n) is 3.67. The molecule has 0 aliphatic carbocycles. The van der Waals surface area contributed by atoms with Crippen molar-refractivity contribution >= 4 is 5.91 Å². The van der Waals surface area contributed by atoms with Crippen molar-refractivity contribution in [2.45, 2.75) is 25.3 Å². The lowest BCUT2D eigenvalue weighted by Gasteiger charge is -2.13. The molecule has 1 aromatic rings. The quantitative estimate of drug-likeness (QED) is 0.817.